The highest BCUT2D eigenvalue weighted by atomic mass is 19.1. The van der Waals surface area contributed by atoms with Gasteiger partial charge in [-0.2, -0.15) is 0 Å². The van der Waals surface area contributed by atoms with Gasteiger partial charge in [0.25, 0.3) is 5.56 Å². The topological polar surface area (TPSA) is 89.5 Å². The molecule has 0 saturated carbocycles. The van der Waals surface area contributed by atoms with E-state index in [9.17, 15) is 14.3 Å². The summed E-state index contributed by atoms with van der Waals surface area (Å²) in [5.41, 5.74) is 13.2. The maximum Gasteiger partial charge on any atom is 0.257 e. The second-order valence-corrected chi connectivity index (χ2v) is 8.16. The Morgan fingerprint density at radius 2 is 2.20 bits per heavy atom. The number of nitrogens with one attached hydrogen (secondary N) is 1. The minimum absolute atomic E-state index is 0.170. The van der Waals surface area contributed by atoms with Gasteiger partial charge in [0.05, 0.1) is 43.3 Å². The fraction of sp³-hybridized carbons (Fsp3) is 0.348. The van der Waals surface area contributed by atoms with E-state index in [0.29, 0.717) is 29.1 Å². The predicted octanol–water partition coefficient (Wildman–Crippen LogP) is 2.26. The number of fused-ring (bicyclic) bond motifs is 3. The minimum Gasteiger partial charge on any atom is -0.497 e. The molecule has 6 nitrogen and oxygen atoms in total. The molecule has 0 spiro atoms. The van der Waals surface area contributed by atoms with Crippen molar-refractivity contribution in [3.05, 3.63) is 79.6 Å². The van der Waals surface area contributed by atoms with Crippen LogP contribution in [0, 0.1) is 0 Å². The van der Waals surface area contributed by atoms with E-state index >= 15 is 0 Å². The number of nitrogens with two attached hydrogens (primary N) is 1. The zero-order chi connectivity index (χ0) is 21.3. The van der Waals surface area contributed by atoms with Crippen LogP contribution in [0.15, 0.2) is 57.2 Å². The van der Waals surface area contributed by atoms with Crippen molar-refractivity contribution >= 4 is 11.5 Å². The second kappa shape index (κ2) is 6.55. The molecule has 0 saturated heterocycles. The molecule has 2 aliphatic heterocycles. The van der Waals surface area contributed by atoms with E-state index in [4.69, 9.17) is 10.5 Å². The van der Waals surface area contributed by atoms with Crippen molar-refractivity contribution in [1.29, 1.82) is 0 Å². The summed E-state index contributed by atoms with van der Waals surface area (Å²) in [5, 5.41) is 13.3. The zero-order valence-corrected chi connectivity index (χ0v) is 17.0. The number of aliphatic hydroxyl groups is 1. The first-order valence-electron chi connectivity index (χ1n) is 10.1. The second-order valence-electron chi connectivity index (χ2n) is 8.16. The van der Waals surface area contributed by atoms with Crippen LogP contribution >= 0.6 is 0 Å². The maximum atomic E-state index is 14.6. The fourth-order valence-corrected chi connectivity index (χ4v) is 5.18. The predicted molar refractivity (Wildman–Crippen MR) is 113 cm³/mol. The van der Waals surface area contributed by atoms with Crippen molar-refractivity contribution in [2.75, 3.05) is 7.11 Å². The third kappa shape index (κ3) is 2.39. The number of dihydropyridines is 1. The van der Waals surface area contributed by atoms with Gasteiger partial charge in [-0.3, -0.25) is 4.79 Å². The van der Waals surface area contributed by atoms with Crippen LogP contribution in [0.25, 0.3) is 11.5 Å². The Kier molecular flexibility index (Phi) is 4.17. The summed E-state index contributed by atoms with van der Waals surface area (Å²) in [4.78, 5) is 13.2. The summed E-state index contributed by atoms with van der Waals surface area (Å²) in [7, 11) is 1.47. The quantitative estimate of drug-likeness (QED) is 0.667. The standard InChI is InChI=1S/C23H24FN3O3/c1-10-12-4-5-17(25)20-14-8-27-19(22(14)26-18(21(12)20)7-16(10)24)6-13(11(2)30-3)15(9-28)23(27)29/h6-7,17-18,26,28H,2,4-5,8-9,25H2,1,3H3/t17-,18?/m0/s1. The zero-order valence-electron chi connectivity index (χ0n) is 17.0. The van der Waals surface area contributed by atoms with Gasteiger partial charge in [-0.1, -0.05) is 6.58 Å². The number of methoxy groups -OCH3 is 1. The smallest absolute Gasteiger partial charge is 0.257 e. The lowest BCUT2D eigenvalue weighted by Gasteiger charge is -2.39. The molecule has 0 radical (unpaired) electrons. The van der Waals surface area contributed by atoms with Gasteiger partial charge in [0, 0.05) is 17.2 Å². The molecule has 3 heterocycles. The first-order chi connectivity index (χ1) is 14.4. The van der Waals surface area contributed by atoms with Crippen molar-refractivity contribution in [2.45, 2.75) is 45.0 Å². The summed E-state index contributed by atoms with van der Waals surface area (Å²) in [6, 6.07) is 1.31. The molecule has 2 atom stereocenters. The normalized spacial score (nSPS) is 24.2. The Morgan fingerprint density at radius 1 is 1.43 bits per heavy atom. The first-order valence-corrected chi connectivity index (χ1v) is 10.1. The SMILES string of the molecule is C=C(OC)c1cc2n(c(=O)c1CO)CC1=C2NC2C=C(F)C(C)=C3CC[C@H](N)C1=C32. The van der Waals surface area contributed by atoms with Crippen LogP contribution in [-0.4, -0.2) is 28.9 Å². The van der Waals surface area contributed by atoms with Gasteiger partial charge in [-0.05, 0) is 54.2 Å². The molecule has 30 heavy (non-hydrogen) atoms. The molecular formula is C23H24FN3O3. The highest BCUT2D eigenvalue weighted by Gasteiger charge is 2.41. The number of nitrogens with zero attached hydrogens (tertiary/aromatic N) is 1. The van der Waals surface area contributed by atoms with Gasteiger partial charge in [-0.15, -0.1) is 0 Å². The van der Waals surface area contributed by atoms with Crippen molar-refractivity contribution in [2.24, 2.45) is 5.73 Å². The molecule has 7 heteroatoms. The van der Waals surface area contributed by atoms with Crippen molar-refractivity contribution < 1.29 is 14.2 Å². The number of pyridine rings is 1. The van der Waals surface area contributed by atoms with E-state index in [1.54, 1.807) is 16.7 Å². The Labute approximate surface area is 173 Å². The van der Waals surface area contributed by atoms with Crippen molar-refractivity contribution in [1.82, 2.24) is 9.88 Å². The maximum absolute atomic E-state index is 14.6. The van der Waals surface area contributed by atoms with E-state index < -0.39 is 6.61 Å². The number of hydrogen-bond donors (Lipinski definition) is 3. The van der Waals surface area contributed by atoms with Crippen LogP contribution in [0.2, 0.25) is 0 Å². The first kappa shape index (κ1) is 19.1. The molecule has 0 aromatic carbocycles. The number of aliphatic hydroxyl groups excluding tert-OH is 1. The van der Waals surface area contributed by atoms with Crippen LogP contribution < -0.4 is 16.6 Å². The molecule has 0 bridgehead atoms. The number of hydrogen-bond acceptors (Lipinski definition) is 5. The van der Waals surface area contributed by atoms with Gasteiger partial charge >= 0.3 is 0 Å². The Bertz CT molecular complexity index is 1200. The monoisotopic (exact) mass is 409 g/mol. The molecule has 4 aliphatic rings. The molecule has 2 aliphatic carbocycles. The van der Waals surface area contributed by atoms with Gasteiger partial charge in [-0.25, -0.2) is 4.39 Å². The van der Waals surface area contributed by atoms with E-state index in [-0.39, 0.29) is 29.0 Å². The molecule has 1 unspecified atom stereocenters. The van der Waals surface area contributed by atoms with Gasteiger partial charge in [0.2, 0.25) is 0 Å². The third-order valence-corrected chi connectivity index (χ3v) is 6.73. The number of ether oxygens (including phenoxy) is 1. The third-order valence-electron chi connectivity index (χ3n) is 6.73. The molecule has 1 aromatic rings. The Morgan fingerprint density at radius 3 is 2.90 bits per heavy atom. The molecule has 5 rings (SSSR count). The average Bonchev–Trinajstić information content (AvgIpc) is 3.10. The Hall–Kier alpha value is -2.90. The van der Waals surface area contributed by atoms with Crippen LogP contribution in [0.1, 0.15) is 36.6 Å². The van der Waals surface area contributed by atoms with Gasteiger partial charge < -0.3 is 25.5 Å². The summed E-state index contributed by atoms with van der Waals surface area (Å²) < 4.78 is 21.5. The summed E-state index contributed by atoms with van der Waals surface area (Å²) in [6.45, 7) is 5.62. The lowest BCUT2D eigenvalue weighted by molar-refractivity contribution is 0.277. The van der Waals surface area contributed by atoms with Crippen molar-refractivity contribution in [3.63, 3.8) is 0 Å². The molecule has 1 aromatic heterocycles. The van der Waals surface area contributed by atoms with E-state index in [2.05, 4.69) is 11.9 Å². The number of rotatable bonds is 3. The van der Waals surface area contributed by atoms with Crippen molar-refractivity contribution in [3.8, 4) is 0 Å². The van der Waals surface area contributed by atoms with Crippen LogP contribution in [0.4, 0.5) is 4.39 Å². The number of halogens is 1. The summed E-state index contributed by atoms with van der Waals surface area (Å²) in [5.74, 6) is 0.0905. The van der Waals surface area contributed by atoms with Crippen LogP contribution in [0.5, 0.6) is 0 Å². The lowest BCUT2D eigenvalue weighted by Crippen LogP contribution is -2.42. The van der Waals surface area contributed by atoms with Crippen LogP contribution in [-0.2, 0) is 17.9 Å². The highest BCUT2D eigenvalue weighted by Crippen LogP contribution is 2.47. The minimum atomic E-state index is -0.412. The number of allylic oxidation sites excluding steroid dienone is 2. The molecule has 156 valence electrons. The molecule has 0 amide bonds. The number of aromatic nitrogens is 1. The molecule has 4 N–H and O–H groups in total. The van der Waals surface area contributed by atoms with E-state index in [1.165, 1.54) is 7.11 Å². The summed E-state index contributed by atoms with van der Waals surface area (Å²) in [6.07, 6.45) is 3.07. The molecular weight excluding hydrogens is 385 g/mol. The largest absolute Gasteiger partial charge is 0.497 e. The van der Waals surface area contributed by atoms with E-state index in [0.717, 1.165) is 40.8 Å². The van der Waals surface area contributed by atoms with Gasteiger partial charge in [0.1, 0.15) is 11.6 Å². The molecule has 0 fully saturated rings. The lowest BCUT2D eigenvalue weighted by atomic mass is 9.72. The fourth-order valence-electron chi connectivity index (χ4n) is 5.18. The summed E-state index contributed by atoms with van der Waals surface area (Å²) >= 11 is 0. The van der Waals surface area contributed by atoms with E-state index in [1.807, 2.05) is 6.92 Å². The Balaban J connectivity index is 1.75. The average molecular weight is 409 g/mol. The highest BCUT2D eigenvalue weighted by molar-refractivity contribution is 5.81. The van der Waals surface area contributed by atoms with Crippen LogP contribution in [0.3, 0.4) is 0 Å². The van der Waals surface area contributed by atoms with Gasteiger partial charge in [0.15, 0.2) is 0 Å².